The number of carbonyl (C=O) groups excluding carboxylic acids is 1. The van der Waals surface area contributed by atoms with E-state index in [9.17, 15) is 4.79 Å². The molecule has 1 aromatic carbocycles. The molecule has 82 valence electrons. The number of hydrogen-bond acceptors (Lipinski definition) is 2. The minimum atomic E-state index is -0.625. The number of rotatable bonds is 4. The zero-order valence-electron chi connectivity index (χ0n) is 8.59. The summed E-state index contributed by atoms with van der Waals surface area (Å²) in [5.41, 5.74) is 0.745. The zero-order valence-corrected chi connectivity index (χ0v) is 10.9. The molecular formula is C11H12BrClO2. The summed E-state index contributed by atoms with van der Waals surface area (Å²) < 4.78 is 6.14. The standard InChI is InChI=1S/C11H12BrClO2/c1-3-15-9-6-4-5-8(10(9)12)11(13)7(2)14/h4-6,11H,3H2,1-2H3. The maximum Gasteiger partial charge on any atom is 0.152 e. The third-order valence-corrected chi connectivity index (χ3v) is 3.31. The van der Waals surface area contributed by atoms with Crippen molar-refractivity contribution in [3.05, 3.63) is 28.2 Å². The molecule has 0 aromatic heterocycles. The predicted octanol–water partition coefficient (Wildman–Crippen LogP) is 3.72. The molecule has 0 radical (unpaired) electrons. The first-order valence-corrected chi connectivity index (χ1v) is 5.86. The maximum absolute atomic E-state index is 11.2. The second-order valence-electron chi connectivity index (χ2n) is 3.07. The number of halogens is 2. The summed E-state index contributed by atoms with van der Waals surface area (Å²) in [6.45, 7) is 3.95. The van der Waals surface area contributed by atoms with Gasteiger partial charge in [-0.2, -0.15) is 0 Å². The Morgan fingerprint density at radius 1 is 1.60 bits per heavy atom. The highest BCUT2D eigenvalue weighted by molar-refractivity contribution is 9.10. The molecule has 0 heterocycles. The fourth-order valence-corrected chi connectivity index (χ4v) is 2.13. The van der Waals surface area contributed by atoms with Crippen molar-refractivity contribution in [1.29, 1.82) is 0 Å². The first kappa shape index (κ1) is 12.5. The van der Waals surface area contributed by atoms with Gasteiger partial charge in [0.15, 0.2) is 5.78 Å². The molecule has 2 nitrogen and oxygen atoms in total. The number of benzene rings is 1. The lowest BCUT2D eigenvalue weighted by Gasteiger charge is -2.12. The highest BCUT2D eigenvalue weighted by Crippen LogP contribution is 2.35. The molecule has 0 saturated carbocycles. The van der Waals surface area contributed by atoms with E-state index in [1.807, 2.05) is 25.1 Å². The Kier molecular flexibility index (Phi) is 4.61. The molecule has 0 bridgehead atoms. The number of Topliss-reactive ketones (excluding diaryl/α,β-unsaturated/α-hetero) is 1. The fourth-order valence-electron chi connectivity index (χ4n) is 1.21. The van der Waals surface area contributed by atoms with E-state index in [4.69, 9.17) is 16.3 Å². The van der Waals surface area contributed by atoms with Crippen LogP contribution in [-0.4, -0.2) is 12.4 Å². The Bertz CT molecular complexity index is 366. The van der Waals surface area contributed by atoms with E-state index in [1.165, 1.54) is 6.92 Å². The SMILES string of the molecule is CCOc1cccc(C(Cl)C(C)=O)c1Br. The maximum atomic E-state index is 11.2. The Morgan fingerprint density at radius 3 is 2.80 bits per heavy atom. The summed E-state index contributed by atoms with van der Waals surface area (Å²) in [5, 5.41) is -0.625. The van der Waals surface area contributed by atoms with Gasteiger partial charge in [0, 0.05) is 0 Å². The van der Waals surface area contributed by atoms with Crippen LogP contribution in [0.1, 0.15) is 24.8 Å². The van der Waals surface area contributed by atoms with Crippen LogP contribution in [0.4, 0.5) is 0 Å². The van der Waals surface area contributed by atoms with E-state index in [2.05, 4.69) is 15.9 Å². The number of hydrogen-bond donors (Lipinski definition) is 0. The Hall–Kier alpha value is -0.540. The van der Waals surface area contributed by atoms with Gasteiger partial charge < -0.3 is 4.74 Å². The minimum Gasteiger partial charge on any atom is -0.493 e. The van der Waals surface area contributed by atoms with Gasteiger partial charge in [-0.05, 0) is 41.4 Å². The van der Waals surface area contributed by atoms with Crippen LogP contribution in [0.2, 0.25) is 0 Å². The van der Waals surface area contributed by atoms with E-state index in [0.29, 0.717) is 12.4 Å². The van der Waals surface area contributed by atoms with Gasteiger partial charge in [-0.25, -0.2) is 0 Å². The van der Waals surface area contributed by atoms with Gasteiger partial charge in [-0.15, -0.1) is 11.6 Å². The Labute approximate surface area is 103 Å². The first-order chi connectivity index (χ1) is 7.07. The molecule has 0 spiro atoms. The van der Waals surface area contributed by atoms with E-state index in [0.717, 1.165) is 10.0 Å². The van der Waals surface area contributed by atoms with E-state index < -0.39 is 5.38 Å². The molecule has 0 saturated heterocycles. The van der Waals surface area contributed by atoms with Crippen LogP contribution in [0.25, 0.3) is 0 Å². The van der Waals surface area contributed by atoms with Crippen LogP contribution < -0.4 is 4.74 Å². The lowest BCUT2D eigenvalue weighted by Crippen LogP contribution is -2.03. The highest BCUT2D eigenvalue weighted by Gasteiger charge is 2.18. The van der Waals surface area contributed by atoms with Crippen molar-refractivity contribution in [2.75, 3.05) is 6.61 Å². The van der Waals surface area contributed by atoms with E-state index >= 15 is 0 Å². The third-order valence-electron chi connectivity index (χ3n) is 1.92. The number of alkyl halides is 1. The largest absolute Gasteiger partial charge is 0.493 e. The van der Waals surface area contributed by atoms with Gasteiger partial charge in [-0.3, -0.25) is 4.79 Å². The molecular weight excluding hydrogens is 279 g/mol. The quantitative estimate of drug-likeness (QED) is 0.790. The van der Waals surface area contributed by atoms with Crippen LogP contribution in [0.5, 0.6) is 5.75 Å². The van der Waals surface area contributed by atoms with Gasteiger partial charge in [0.25, 0.3) is 0 Å². The third kappa shape index (κ3) is 2.95. The molecule has 1 atom stereocenters. The molecule has 1 rings (SSSR count). The number of ketones is 1. The number of carbonyl (C=O) groups is 1. The van der Waals surface area contributed by atoms with Gasteiger partial charge in [0.1, 0.15) is 11.1 Å². The molecule has 1 aromatic rings. The van der Waals surface area contributed by atoms with Gasteiger partial charge >= 0.3 is 0 Å². The fraction of sp³-hybridized carbons (Fsp3) is 0.364. The lowest BCUT2D eigenvalue weighted by atomic mass is 10.1. The normalized spacial score (nSPS) is 12.3. The number of ether oxygens (including phenoxy) is 1. The topological polar surface area (TPSA) is 26.3 Å². The molecule has 0 N–H and O–H groups in total. The smallest absolute Gasteiger partial charge is 0.152 e. The predicted molar refractivity (Wildman–Crippen MR) is 64.6 cm³/mol. The van der Waals surface area contributed by atoms with Crippen LogP contribution in [0, 0.1) is 0 Å². The lowest BCUT2D eigenvalue weighted by molar-refractivity contribution is -0.116. The van der Waals surface area contributed by atoms with Crippen molar-refractivity contribution in [3.63, 3.8) is 0 Å². The van der Waals surface area contributed by atoms with Crippen molar-refractivity contribution in [2.45, 2.75) is 19.2 Å². The summed E-state index contributed by atoms with van der Waals surface area (Å²) in [7, 11) is 0. The van der Waals surface area contributed by atoms with Crippen LogP contribution in [0.15, 0.2) is 22.7 Å². The summed E-state index contributed by atoms with van der Waals surface area (Å²) in [6, 6.07) is 5.47. The summed E-state index contributed by atoms with van der Waals surface area (Å²) >= 11 is 9.37. The highest BCUT2D eigenvalue weighted by atomic mass is 79.9. The monoisotopic (exact) mass is 290 g/mol. The zero-order chi connectivity index (χ0) is 11.4. The van der Waals surface area contributed by atoms with Crippen LogP contribution >= 0.6 is 27.5 Å². The Morgan fingerprint density at radius 2 is 2.27 bits per heavy atom. The van der Waals surface area contributed by atoms with Crippen molar-refractivity contribution >= 4 is 33.3 Å². The van der Waals surface area contributed by atoms with E-state index in [1.54, 1.807) is 0 Å². The van der Waals surface area contributed by atoms with Crippen molar-refractivity contribution in [2.24, 2.45) is 0 Å². The average Bonchev–Trinajstić information content (AvgIpc) is 2.20. The Balaban J connectivity index is 3.08. The van der Waals surface area contributed by atoms with Gasteiger partial charge in [0.05, 0.1) is 11.1 Å². The van der Waals surface area contributed by atoms with Gasteiger partial charge in [-0.1, -0.05) is 12.1 Å². The molecule has 0 fully saturated rings. The summed E-state index contributed by atoms with van der Waals surface area (Å²) in [5.74, 6) is 0.632. The van der Waals surface area contributed by atoms with Crippen molar-refractivity contribution < 1.29 is 9.53 Å². The second-order valence-corrected chi connectivity index (χ2v) is 4.30. The molecule has 0 aliphatic heterocycles. The average molecular weight is 292 g/mol. The van der Waals surface area contributed by atoms with Crippen LogP contribution in [0.3, 0.4) is 0 Å². The van der Waals surface area contributed by atoms with E-state index in [-0.39, 0.29) is 5.78 Å². The molecule has 0 aliphatic rings. The van der Waals surface area contributed by atoms with Gasteiger partial charge in [0.2, 0.25) is 0 Å². The molecule has 4 heteroatoms. The minimum absolute atomic E-state index is 0.0778. The molecule has 15 heavy (non-hydrogen) atoms. The van der Waals surface area contributed by atoms with Crippen molar-refractivity contribution in [3.8, 4) is 5.75 Å². The summed E-state index contributed by atoms with van der Waals surface area (Å²) in [6.07, 6.45) is 0. The molecule has 0 aliphatic carbocycles. The first-order valence-electron chi connectivity index (χ1n) is 4.63. The summed E-state index contributed by atoms with van der Waals surface area (Å²) in [4.78, 5) is 11.2. The molecule has 1 unspecified atom stereocenters. The van der Waals surface area contributed by atoms with Crippen LogP contribution in [-0.2, 0) is 4.79 Å². The molecule has 0 amide bonds. The van der Waals surface area contributed by atoms with Crippen molar-refractivity contribution in [1.82, 2.24) is 0 Å². The second kappa shape index (κ2) is 5.52.